The lowest BCUT2D eigenvalue weighted by atomic mass is 9.86. The molecule has 120 valence electrons. The molecule has 0 aliphatic heterocycles. The second-order valence-corrected chi connectivity index (χ2v) is 6.02. The first kappa shape index (κ1) is 16.5. The number of hydrogen-bond donors (Lipinski definition) is 3. The summed E-state index contributed by atoms with van der Waals surface area (Å²) in [5.41, 5.74) is 3.37. The summed E-state index contributed by atoms with van der Waals surface area (Å²) < 4.78 is 5.06. The second-order valence-electron chi connectivity index (χ2n) is 5.61. The minimum Gasteiger partial charge on any atom is -0.504 e. The van der Waals surface area contributed by atoms with E-state index < -0.39 is 0 Å². The van der Waals surface area contributed by atoms with Gasteiger partial charge in [-0.15, -0.1) is 0 Å². The quantitative estimate of drug-likeness (QED) is 0.452. The Morgan fingerprint density at radius 3 is 2.91 bits per heavy atom. The number of rotatable bonds is 4. The summed E-state index contributed by atoms with van der Waals surface area (Å²) in [7, 11) is 1.51. The smallest absolute Gasteiger partial charge is 0.187 e. The van der Waals surface area contributed by atoms with Crippen molar-refractivity contribution in [3.05, 3.63) is 23.8 Å². The van der Waals surface area contributed by atoms with E-state index in [1.165, 1.54) is 32.6 Å². The number of hydrazone groups is 1. The van der Waals surface area contributed by atoms with Crippen LogP contribution < -0.4 is 15.5 Å². The van der Waals surface area contributed by atoms with Crippen LogP contribution in [0.4, 0.5) is 0 Å². The Kier molecular flexibility index (Phi) is 6.00. The number of nitrogens with one attached hydrogen (secondary N) is 2. The van der Waals surface area contributed by atoms with Gasteiger partial charge in [-0.3, -0.25) is 5.43 Å². The Bertz CT molecular complexity index is 548. The Morgan fingerprint density at radius 2 is 2.18 bits per heavy atom. The summed E-state index contributed by atoms with van der Waals surface area (Å²) in [4.78, 5) is 0. The van der Waals surface area contributed by atoms with E-state index in [1.807, 2.05) is 0 Å². The zero-order chi connectivity index (χ0) is 15.9. The Hall–Kier alpha value is -1.82. The second kappa shape index (κ2) is 7.98. The first-order valence-corrected chi connectivity index (χ1v) is 7.98. The highest BCUT2D eigenvalue weighted by molar-refractivity contribution is 7.80. The molecule has 1 aliphatic carbocycles. The van der Waals surface area contributed by atoms with E-state index in [-0.39, 0.29) is 5.75 Å². The predicted octanol–water partition coefficient (Wildman–Crippen LogP) is 2.78. The van der Waals surface area contributed by atoms with Crippen molar-refractivity contribution in [3.8, 4) is 11.5 Å². The molecule has 0 heterocycles. The number of hydrogen-bond acceptors (Lipinski definition) is 4. The van der Waals surface area contributed by atoms with Crippen molar-refractivity contribution in [2.24, 2.45) is 11.0 Å². The normalized spacial score (nSPS) is 21.5. The highest BCUT2D eigenvalue weighted by atomic mass is 32.1. The average Bonchev–Trinajstić information content (AvgIpc) is 2.51. The van der Waals surface area contributed by atoms with Gasteiger partial charge in [-0.2, -0.15) is 5.10 Å². The first-order chi connectivity index (χ1) is 10.6. The van der Waals surface area contributed by atoms with Gasteiger partial charge >= 0.3 is 0 Å². The topological polar surface area (TPSA) is 65.9 Å². The summed E-state index contributed by atoms with van der Waals surface area (Å²) in [6.45, 7) is 2.25. The molecular weight excluding hydrogens is 298 g/mol. The van der Waals surface area contributed by atoms with Crippen molar-refractivity contribution in [2.45, 2.75) is 38.6 Å². The lowest BCUT2D eigenvalue weighted by molar-refractivity contribution is 0.308. The van der Waals surface area contributed by atoms with E-state index in [9.17, 15) is 5.11 Å². The molecule has 0 radical (unpaired) electrons. The lowest BCUT2D eigenvalue weighted by Crippen LogP contribution is -2.44. The molecule has 0 saturated heterocycles. The van der Waals surface area contributed by atoms with Crippen molar-refractivity contribution >= 4 is 23.5 Å². The van der Waals surface area contributed by atoms with E-state index in [0.717, 1.165) is 6.42 Å². The lowest BCUT2D eigenvalue weighted by Gasteiger charge is -2.30. The molecule has 1 aromatic carbocycles. The largest absolute Gasteiger partial charge is 0.504 e. The Morgan fingerprint density at radius 1 is 1.41 bits per heavy atom. The molecule has 0 aromatic heterocycles. The molecule has 3 N–H and O–H groups in total. The van der Waals surface area contributed by atoms with Crippen molar-refractivity contribution in [2.75, 3.05) is 7.11 Å². The number of benzene rings is 1. The molecule has 2 rings (SSSR count). The van der Waals surface area contributed by atoms with Crippen LogP contribution in [0.3, 0.4) is 0 Å². The fourth-order valence-electron chi connectivity index (χ4n) is 2.70. The van der Waals surface area contributed by atoms with Crippen LogP contribution in [-0.4, -0.2) is 29.6 Å². The molecule has 1 fully saturated rings. The minimum atomic E-state index is 0.0651. The summed E-state index contributed by atoms with van der Waals surface area (Å²) in [5.74, 6) is 1.11. The van der Waals surface area contributed by atoms with E-state index in [0.29, 0.717) is 28.4 Å². The van der Waals surface area contributed by atoms with Crippen LogP contribution >= 0.6 is 12.2 Å². The third-order valence-electron chi connectivity index (χ3n) is 4.05. The number of aromatic hydroxyl groups is 1. The molecule has 1 aromatic rings. The van der Waals surface area contributed by atoms with Crippen LogP contribution in [0.15, 0.2) is 23.3 Å². The standard InChI is InChI=1S/C16H23N3O2S/c1-11-6-3-4-8-13(11)18-16(22)19-17-10-12-7-5-9-14(21-2)15(12)20/h5,7,9-11,13,20H,3-4,6,8H2,1-2H3,(H2,18,19,22)/b17-10+/t11-,13+/m0/s1. The van der Waals surface area contributed by atoms with Crippen molar-refractivity contribution < 1.29 is 9.84 Å². The van der Waals surface area contributed by atoms with Gasteiger partial charge in [-0.25, -0.2) is 0 Å². The SMILES string of the molecule is COc1cccc(/C=N/NC(=S)N[C@@H]2CCCC[C@@H]2C)c1O. The van der Waals surface area contributed by atoms with Gasteiger partial charge in [0.05, 0.1) is 13.3 Å². The van der Waals surface area contributed by atoms with Crippen molar-refractivity contribution in [1.29, 1.82) is 0 Å². The molecule has 0 spiro atoms. The molecular formula is C16H23N3O2S. The van der Waals surface area contributed by atoms with Gasteiger partial charge in [0.25, 0.3) is 0 Å². The van der Waals surface area contributed by atoms with Gasteiger partial charge < -0.3 is 15.2 Å². The third-order valence-corrected chi connectivity index (χ3v) is 4.26. The summed E-state index contributed by atoms with van der Waals surface area (Å²) in [5, 5.41) is 17.9. The maximum atomic E-state index is 9.96. The van der Waals surface area contributed by atoms with Crippen LogP contribution in [-0.2, 0) is 0 Å². The number of para-hydroxylation sites is 1. The van der Waals surface area contributed by atoms with Gasteiger partial charge in [-0.1, -0.05) is 25.8 Å². The van der Waals surface area contributed by atoms with Gasteiger partial charge in [0.2, 0.25) is 0 Å². The van der Waals surface area contributed by atoms with Crippen LogP contribution in [0, 0.1) is 5.92 Å². The van der Waals surface area contributed by atoms with Crippen LogP contribution in [0.1, 0.15) is 38.2 Å². The van der Waals surface area contributed by atoms with E-state index >= 15 is 0 Å². The number of ether oxygens (including phenoxy) is 1. The van der Waals surface area contributed by atoms with Crippen molar-refractivity contribution in [1.82, 2.24) is 10.7 Å². The van der Waals surface area contributed by atoms with Gasteiger partial charge in [0.15, 0.2) is 16.6 Å². The Labute approximate surface area is 136 Å². The molecule has 5 nitrogen and oxygen atoms in total. The number of phenols is 1. The third kappa shape index (κ3) is 4.34. The Balaban J connectivity index is 1.88. The van der Waals surface area contributed by atoms with Crippen molar-refractivity contribution in [3.63, 3.8) is 0 Å². The number of thiocarbonyl (C=S) groups is 1. The molecule has 2 atom stereocenters. The molecule has 1 aliphatic rings. The number of nitrogens with zero attached hydrogens (tertiary/aromatic N) is 1. The van der Waals surface area contributed by atoms with Gasteiger partial charge in [0, 0.05) is 11.6 Å². The fraction of sp³-hybridized carbons (Fsp3) is 0.500. The van der Waals surface area contributed by atoms with Crippen LogP contribution in [0.5, 0.6) is 11.5 Å². The fourth-order valence-corrected chi connectivity index (χ4v) is 2.90. The van der Waals surface area contributed by atoms with E-state index in [4.69, 9.17) is 17.0 Å². The first-order valence-electron chi connectivity index (χ1n) is 7.57. The van der Waals surface area contributed by atoms with Crippen LogP contribution in [0.25, 0.3) is 0 Å². The molecule has 22 heavy (non-hydrogen) atoms. The summed E-state index contributed by atoms with van der Waals surface area (Å²) >= 11 is 5.26. The highest BCUT2D eigenvalue weighted by Gasteiger charge is 2.21. The van der Waals surface area contributed by atoms with E-state index in [2.05, 4.69) is 22.8 Å². The number of methoxy groups -OCH3 is 1. The molecule has 1 saturated carbocycles. The summed E-state index contributed by atoms with van der Waals surface area (Å²) in [6.07, 6.45) is 6.44. The average molecular weight is 321 g/mol. The molecule has 0 amide bonds. The van der Waals surface area contributed by atoms with Gasteiger partial charge in [-0.05, 0) is 43.1 Å². The maximum Gasteiger partial charge on any atom is 0.187 e. The molecule has 0 unspecified atom stereocenters. The zero-order valence-electron chi connectivity index (χ0n) is 13.0. The van der Waals surface area contributed by atoms with Gasteiger partial charge in [0.1, 0.15) is 0 Å². The van der Waals surface area contributed by atoms with Crippen LogP contribution in [0.2, 0.25) is 0 Å². The highest BCUT2D eigenvalue weighted by Crippen LogP contribution is 2.28. The predicted molar refractivity (Wildman–Crippen MR) is 92.5 cm³/mol. The monoisotopic (exact) mass is 321 g/mol. The minimum absolute atomic E-state index is 0.0651. The zero-order valence-corrected chi connectivity index (χ0v) is 13.8. The summed E-state index contributed by atoms with van der Waals surface area (Å²) in [6, 6.07) is 5.65. The van der Waals surface area contributed by atoms with E-state index in [1.54, 1.807) is 18.2 Å². The number of phenolic OH excluding ortho intramolecular Hbond substituents is 1. The maximum absolute atomic E-state index is 9.96. The molecule has 0 bridgehead atoms. The molecule has 6 heteroatoms.